The molecule has 3 nitrogen and oxygen atoms in total. The van der Waals surface area contributed by atoms with E-state index < -0.39 is 11.7 Å². The summed E-state index contributed by atoms with van der Waals surface area (Å²) in [4.78, 5) is 10.9. The lowest BCUT2D eigenvalue weighted by Gasteiger charge is -2.08. The zero-order valence-electron chi connectivity index (χ0n) is 12.9. The summed E-state index contributed by atoms with van der Waals surface area (Å²) >= 11 is 0. The number of halogens is 1. The molecule has 1 aromatic rings. The van der Waals surface area contributed by atoms with Gasteiger partial charge in [0.15, 0.2) is 0 Å². The van der Waals surface area contributed by atoms with E-state index in [1.807, 2.05) is 13.8 Å². The fourth-order valence-corrected chi connectivity index (χ4v) is 1.65. The van der Waals surface area contributed by atoms with Gasteiger partial charge in [-0.15, -0.1) is 0 Å². The summed E-state index contributed by atoms with van der Waals surface area (Å²) in [6.45, 7) is 11.5. The van der Waals surface area contributed by atoms with Gasteiger partial charge < -0.3 is 10.5 Å². The highest BCUT2D eigenvalue weighted by molar-refractivity contribution is 7.21. The highest BCUT2D eigenvalue weighted by atomic mass is 31.0. The van der Waals surface area contributed by atoms with Crippen molar-refractivity contribution in [2.45, 2.75) is 13.8 Å². The Morgan fingerprint density at radius 1 is 1.41 bits per heavy atom. The van der Waals surface area contributed by atoms with Crippen LogP contribution in [-0.2, 0) is 4.74 Å². The molecule has 0 saturated heterocycles. The number of benzene rings is 1. The van der Waals surface area contributed by atoms with Gasteiger partial charge in [0.2, 0.25) is 0 Å². The van der Waals surface area contributed by atoms with E-state index >= 15 is 0 Å². The number of hydrogen-bond donors (Lipinski definition) is 1. The van der Waals surface area contributed by atoms with Crippen LogP contribution in [-0.4, -0.2) is 18.0 Å². The maximum absolute atomic E-state index is 13.6. The molecule has 0 saturated carbocycles. The number of primary amides is 1. The lowest BCUT2D eigenvalue weighted by Crippen LogP contribution is -2.14. The van der Waals surface area contributed by atoms with E-state index in [-0.39, 0.29) is 12.2 Å². The van der Waals surface area contributed by atoms with Gasteiger partial charge in [-0.05, 0) is 17.7 Å². The summed E-state index contributed by atoms with van der Waals surface area (Å²) in [5.41, 5.74) is 6.51. The van der Waals surface area contributed by atoms with Gasteiger partial charge in [-0.2, -0.15) is 0 Å². The largest absolute Gasteiger partial charge is 0.366 e. The van der Waals surface area contributed by atoms with Gasteiger partial charge in [0, 0.05) is 5.56 Å². The monoisotopic (exact) mass is 321 g/mol. The molecule has 0 atom stereocenters. The molecule has 0 aliphatic heterocycles. The maximum atomic E-state index is 13.6. The van der Waals surface area contributed by atoms with Gasteiger partial charge in [-0.25, -0.2) is 4.39 Å². The highest BCUT2D eigenvalue weighted by Crippen LogP contribution is 2.13. The second kappa shape index (κ2) is 10.7. The first-order chi connectivity index (χ1) is 10.5. The number of amides is 1. The Morgan fingerprint density at radius 3 is 2.50 bits per heavy atom. The minimum Gasteiger partial charge on any atom is -0.366 e. The molecule has 118 valence electrons. The van der Waals surface area contributed by atoms with Crippen LogP contribution in [0.25, 0.3) is 0 Å². The fourth-order valence-electron chi connectivity index (χ4n) is 1.42. The lowest BCUT2D eigenvalue weighted by molar-refractivity contribution is 0.0996. The van der Waals surface area contributed by atoms with Crippen molar-refractivity contribution < 1.29 is 13.9 Å². The van der Waals surface area contributed by atoms with E-state index in [1.165, 1.54) is 18.2 Å². The van der Waals surface area contributed by atoms with Crippen molar-refractivity contribution in [3.8, 4) is 0 Å². The van der Waals surface area contributed by atoms with Gasteiger partial charge in [0.1, 0.15) is 11.3 Å². The van der Waals surface area contributed by atoms with Crippen molar-refractivity contribution in [1.29, 1.82) is 0 Å². The molecule has 1 amide bonds. The van der Waals surface area contributed by atoms with E-state index in [2.05, 4.69) is 22.0 Å². The van der Waals surface area contributed by atoms with Crippen LogP contribution in [0.3, 0.4) is 0 Å². The molecule has 0 heterocycles. The van der Waals surface area contributed by atoms with Crippen LogP contribution in [0.4, 0.5) is 4.39 Å². The van der Waals surface area contributed by atoms with E-state index in [4.69, 9.17) is 10.5 Å². The Kier molecular flexibility index (Phi) is 9.68. The first-order valence-corrected chi connectivity index (χ1v) is 7.24. The first-order valence-electron chi connectivity index (χ1n) is 6.74. The van der Waals surface area contributed by atoms with E-state index in [9.17, 15) is 9.18 Å². The lowest BCUT2D eigenvalue weighted by atomic mass is 10.1. The summed E-state index contributed by atoms with van der Waals surface area (Å²) in [6.07, 6.45) is 5.01. The average molecular weight is 321 g/mol. The molecule has 22 heavy (non-hydrogen) atoms. The number of carbonyl (C=O) groups excluding carboxylic acids is 1. The van der Waals surface area contributed by atoms with Crippen LogP contribution in [0.5, 0.6) is 0 Å². The molecule has 0 fully saturated rings. The molecule has 1 rings (SSSR count). The molecule has 0 radical (unpaired) electrons. The number of rotatable bonds is 7. The van der Waals surface area contributed by atoms with Crippen molar-refractivity contribution in [2.24, 2.45) is 5.73 Å². The molecule has 0 spiro atoms. The van der Waals surface area contributed by atoms with Crippen molar-refractivity contribution in [3.63, 3.8) is 0 Å². The molecular weight excluding hydrogens is 300 g/mol. The molecule has 0 aromatic heterocycles. The van der Waals surface area contributed by atoms with Crippen LogP contribution in [0.2, 0.25) is 0 Å². The molecule has 0 aliphatic rings. The zero-order valence-corrected chi connectivity index (χ0v) is 13.9. The van der Waals surface area contributed by atoms with E-state index in [1.54, 1.807) is 18.2 Å². The summed E-state index contributed by atoms with van der Waals surface area (Å²) in [6, 6.07) is 4.02. The summed E-state index contributed by atoms with van der Waals surface area (Å²) in [5, 5.41) is 0. The van der Waals surface area contributed by atoms with Crippen molar-refractivity contribution in [2.75, 3.05) is 6.61 Å². The zero-order chi connectivity index (χ0) is 17.1. The predicted molar refractivity (Wildman–Crippen MR) is 93.1 cm³/mol. The SMILES string of the molecule is C=C/C=C(\C=C)COC(=P)c1ccc(C(N)=O)c(F)c1.CC. The first kappa shape index (κ1) is 20.0. The minimum absolute atomic E-state index is 0.161. The fraction of sp³-hybridized carbons (Fsp3) is 0.176. The molecule has 0 bridgehead atoms. The number of allylic oxidation sites excluding steroid dienone is 2. The van der Waals surface area contributed by atoms with Gasteiger partial charge in [0.25, 0.3) is 5.91 Å². The van der Waals surface area contributed by atoms with Gasteiger partial charge in [-0.1, -0.05) is 60.2 Å². The third-order valence-electron chi connectivity index (χ3n) is 2.47. The van der Waals surface area contributed by atoms with Crippen LogP contribution < -0.4 is 5.73 Å². The van der Waals surface area contributed by atoms with Crippen molar-refractivity contribution in [3.05, 3.63) is 72.1 Å². The number of carbonyl (C=O) groups is 1. The second-order valence-electron chi connectivity index (χ2n) is 3.86. The third kappa shape index (κ3) is 6.17. The standard InChI is InChI=1S/C15H15FNO2P.C2H6/c1-3-5-10(4-2)9-19-15(20)11-6-7-12(14(17)18)13(16)8-11;1-2/h3-8,20H,1-2,9H2,(H2,17,18);1-2H3/b10-5+;. The Balaban J connectivity index is 0.00000211. The predicted octanol–water partition coefficient (Wildman–Crippen LogP) is 3.89. The van der Waals surface area contributed by atoms with Crippen LogP contribution in [0, 0.1) is 5.82 Å². The molecule has 0 unspecified atom stereocenters. The topological polar surface area (TPSA) is 52.3 Å². The Morgan fingerprint density at radius 2 is 2.05 bits per heavy atom. The van der Waals surface area contributed by atoms with E-state index in [0.717, 1.165) is 5.57 Å². The normalized spacial score (nSPS) is 10.2. The minimum atomic E-state index is -0.812. The number of hydrogen-bond acceptors (Lipinski definition) is 2. The van der Waals surface area contributed by atoms with Gasteiger partial charge >= 0.3 is 0 Å². The molecule has 0 aliphatic carbocycles. The summed E-state index contributed by atoms with van der Waals surface area (Å²) in [5.74, 6) is -1.51. The third-order valence-corrected chi connectivity index (χ3v) is 2.91. The van der Waals surface area contributed by atoms with Crippen LogP contribution in [0.15, 0.2) is 55.2 Å². The second-order valence-corrected chi connectivity index (χ2v) is 4.31. The highest BCUT2D eigenvalue weighted by Gasteiger charge is 2.10. The van der Waals surface area contributed by atoms with Crippen LogP contribution in [0.1, 0.15) is 29.8 Å². The molecular formula is C17H21FNO2P. The maximum Gasteiger partial charge on any atom is 0.251 e. The molecule has 1 aromatic carbocycles. The van der Waals surface area contributed by atoms with Crippen molar-refractivity contribution in [1.82, 2.24) is 0 Å². The Hall–Kier alpha value is -2.03. The smallest absolute Gasteiger partial charge is 0.251 e. The Labute approximate surface area is 133 Å². The molecule has 5 heteroatoms. The number of nitrogens with two attached hydrogens (primary N) is 1. The van der Waals surface area contributed by atoms with Crippen molar-refractivity contribution >= 4 is 20.3 Å². The summed E-state index contributed by atoms with van der Waals surface area (Å²) in [7, 11) is 3.27. The van der Waals surface area contributed by atoms with Gasteiger partial charge in [-0.3, -0.25) is 4.79 Å². The Bertz CT molecular complexity index is 594. The quantitative estimate of drug-likeness (QED) is 0.612. The van der Waals surface area contributed by atoms with Gasteiger partial charge in [0.05, 0.1) is 12.2 Å². The summed E-state index contributed by atoms with van der Waals surface area (Å²) < 4.78 is 19.1. The van der Waals surface area contributed by atoms with E-state index in [0.29, 0.717) is 11.0 Å². The van der Waals surface area contributed by atoms with Crippen LogP contribution >= 0.6 is 8.86 Å². The number of ether oxygens (including phenoxy) is 1. The average Bonchev–Trinajstić information content (AvgIpc) is 2.52. The molecule has 2 N–H and O–H groups in total.